The first-order valence-corrected chi connectivity index (χ1v) is 19.0. The smallest absolute Gasteiger partial charge is 0.317 e. The number of likely N-dealkylation sites (tertiary alicyclic amines) is 2. The second-order valence-corrected chi connectivity index (χ2v) is 15.6. The third-order valence-corrected chi connectivity index (χ3v) is 12.3. The first-order chi connectivity index (χ1) is 24.2. The van der Waals surface area contributed by atoms with Crippen molar-refractivity contribution in [1.29, 1.82) is 0 Å². The van der Waals surface area contributed by atoms with Crippen LogP contribution in [0.4, 0.5) is 11.4 Å². The molecule has 8 rings (SSSR count). The van der Waals surface area contributed by atoms with Gasteiger partial charge >= 0.3 is 5.97 Å². The van der Waals surface area contributed by atoms with E-state index in [1.165, 1.54) is 36.8 Å². The summed E-state index contributed by atoms with van der Waals surface area (Å²) in [6, 6.07) is 17.1. The zero-order chi connectivity index (χ0) is 34.9. The van der Waals surface area contributed by atoms with Crippen molar-refractivity contribution in [3.8, 4) is 0 Å². The van der Waals surface area contributed by atoms with Crippen molar-refractivity contribution < 1.29 is 24.3 Å². The first-order valence-electron chi connectivity index (χ1n) is 19.0. The summed E-state index contributed by atoms with van der Waals surface area (Å²) in [6.45, 7) is 7.79. The van der Waals surface area contributed by atoms with E-state index in [1.54, 1.807) is 0 Å². The molecule has 6 fully saturated rings. The highest BCUT2D eigenvalue weighted by atomic mass is 16.4. The molecule has 4 aliphatic heterocycles. The predicted molar refractivity (Wildman–Crippen MR) is 193 cm³/mol. The molecule has 0 radical (unpaired) electrons. The molecule has 268 valence electrons. The summed E-state index contributed by atoms with van der Waals surface area (Å²) in [6.07, 6.45) is 10.3. The molecule has 2 spiro atoms. The SMILES string of the molecule is CCNC(=O)CN1CCC2(CC1)CCN(c1ccc(C3CC3)cc1)C2=O.O=C(O)CN1CCC2(CC1)CCN(c1ccc(C3CC3)cc1)C2=O. The zero-order valence-electron chi connectivity index (χ0n) is 29.6. The van der Waals surface area contributed by atoms with Crippen LogP contribution in [-0.4, -0.2) is 97.5 Å². The first kappa shape index (κ1) is 34.7. The summed E-state index contributed by atoms with van der Waals surface area (Å²) < 4.78 is 0. The molecule has 0 bridgehead atoms. The van der Waals surface area contributed by atoms with Gasteiger partial charge in [0.2, 0.25) is 17.7 Å². The summed E-state index contributed by atoms with van der Waals surface area (Å²) in [5.74, 6) is 1.29. The predicted octanol–water partition coefficient (Wildman–Crippen LogP) is 4.99. The number of piperidine rings is 2. The minimum Gasteiger partial charge on any atom is -0.480 e. The Balaban J connectivity index is 0.000000157. The second kappa shape index (κ2) is 14.5. The fraction of sp³-hybridized carbons (Fsp3) is 0.600. The van der Waals surface area contributed by atoms with Crippen LogP contribution in [0.25, 0.3) is 0 Å². The highest BCUT2D eigenvalue weighted by Crippen LogP contribution is 2.46. The molecule has 2 aromatic carbocycles. The normalized spacial score (nSPS) is 23.3. The Kier molecular flexibility index (Phi) is 10.0. The summed E-state index contributed by atoms with van der Waals surface area (Å²) in [5, 5.41) is 11.8. The number of amides is 3. The lowest BCUT2D eigenvalue weighted by Crippen LogP contribution is -2.47. The molecule has 2 aliphatic carbocycles. The van der Waals surface area contributed by atoms with Crippen LogP contribution in [0.15, 0.2) is 48.5 Å². The molecule has 10 heteroatoms. The van der Waals surface area contributed by atoms with Crippen LogP contribution in [0.2, 0.25) is 0 Å². The van der Waals surface area contributed by atoms with Crippen LogP contribution < -0.4 is 15.1 Å². The number of nitrogens with zero attached hydrogens (tertiary/aromatic N) is 4. The van der Waals surface area contributed by atoms with E-state index in [2.05, 4.69) is 58.7 Å². The summed E-state index contributed by atoms with van der Waals surface area (Å²) in [4.78, 5) is 56.9. The van der Waals surface area contributed by atoms with E-state index in [-0.39, 0.29) is 35.1 Å². The van der Waals surface area contributed by atoms with Gasteiger partial charge in [0.15, 0.2) is 0 Å². The lowest BCUT2D eigenvalue weighted by Gasteiger charge is -2.37. The van der Waals surface area contributed by atoms with E-state index in [4.69, 9.17) is 5.11 Å². The van der Waals surface area contributed by atoms with Crippen molar-refractivity contribution in [1.82, 2.24) is 15.1 Å². The molecular weight excluding hydrogens is 630 g/mol. The number of benzene rings is 2. The Labute approximate surface area is 296 Å². The lowest BCUT2D eigenvalue weighted by molar-refractivity contribution is -0.139. The maximum atomic E-state index is 13.2. The maximum Gasteiger partial charge on any atom is 0.317 e. The van der Waals surface area contributed by atoms with Gasteiger partial charge in [0.1, 0.15) is 0 Å². The van der Waals surface area contributed by atoms with Crippen LogP contribution in [0.1, 0.15) is 94.1 Å². The molecule has 4 heterocycles. The number of hydrogen-bond acceptors (Lipinski definition) is 6. The molecule has 0 unspecified atom stereocenters. The fourth-order valence-electron chi connectivity index (χ4n) is 8.67. The standard InChI is InChI=1S/C21H29N3O2.C19H24N2O3/c1-2-22-19(25)15-23-12-9-21(10-13-23)11-14-24(20(21)26)18-7-5-17(6-8-18)16-3-4-16;22-17(23)13-20-10-7-19(8-11-20)9-12-21(18(19)24)16-5-3-15(4-6-16)14-1-2-14/h5-8,16H,2-4,9-15H2,1H3,(H,22,25);3-6,14H,1-2,7-13H2,(H,22,23). The van der Waals surface area contributed by atoms with Gasteiger partial charge in [-0.15, -0.1) is 0 Å². The van der Waals surface area contributed by atoms with Crippen molar-refractivity contribution in [2.24, 2.45) is 10.8 Å². The van der Waals surface area contributed by atoms with E-state index in [0.29, 0.717) is 26.2 Å². The van der Waals surface area contributed by atoms with E-state index >= 15 is 0 Å². The van der Waals surface area contributed by atoms with Crippen LogP contribution >= 0.6 is 0 Å². The molecule has 10 nitrogen and oxygen atoms in total. The highest BCUT2D eigenvalue weighted by molar-refractivity contribution is 6.00. The van der Waals surface area contributed by atoms with E-state index in [1.807, 2.05) is 21.6 Å². The quantitative estimate of drug-likeness (QED) is 0.383. The summed E-state index contributed by atoms with van der Waals surface area (Å²) >= 11 is 0. The molecule has 0 aromatic heterocycles. The van der Waals surface area contributed by atoms with Gasteiger partial charge in [-0.3, -0.25) is 29.0 Å². The fourth-order valence-corrected chi connectivity index (χ4v) is 8.67. The third kappa shape index (κ3) is 7.47. The Hall–Kier alpha value is -3.76. The van der Waals surface area contributed by atoms with Crippen LogP contribution in [0.3, 0.4) is 0 Å². The summed E-state index contributed by atoms with van der Waals surface area (Å²) in [7, 11) is 0. The number of carbonyl (C=O) groups is 4. The van der Waals surface area contributed by atoms with Gasteiger partial charge in [0, 0.05) is 31.0 Å². The highest BCUT2D eigenvalue weighted by Gasteiger charge is 2.49. The molecule has 2 saturated carbocycles. The van der Waals surface area contributed by atoms with Gasteiger partial charge in [0.25, 0.3) is 0 Å². The number of rotatable bonds is 9. The Morgan fingerprint density at radius 3 is 1.38 bits per heavy atom. The topological polar surface area (TPSA) is 114 Å². The minimum absolute atomic E-state index is 0.0800. The number of carboxylic acids is 1. The molecule has 6 aliphatic rings. The third-order valence-electron chi connectivity index (χ3n) is 12.3. The number of anilines is 2. The van der Waals surface area contributed by atoms with E-state index in [0.717, 1.165) is 87.9 Å². The minimum atomic E-state index is -0.791. The van der Waals surface area contributed by atoms with Crippen molar-refractivity contribution in [2.45, 2.75) is 83.0 Å². The lowest BCUT2D eigenvalue weighted by atomic mass is 9.77. The van der Waals surface area contributed by atoms with E-state index < -0.39 is 5.97 Å². The molecular formula is C40H53N5O5. The average molecular weight is 684 g/mol. The number of nitrogens with one attached hydrogen (secondary N) is 1. The molecule has 2 aromatic rings. The monoisotopic (exact) mass is 683 g/mol. The van der Waals surface area contributed by atoms with Crippen LogP contribution in [0.5, 0.6) is 0 Å². The van der Waals surface area contributed by atoms with Gasteiger partial charge in [-0.05, 0) is 145 Å². The molecule has 50 heavy (non-hydrogen) atoms. The second-order valence-electron chi connectivity index (χ2n) is 15.6. The number of carboxylic acid groups (broad SMARTS) is 1. The molecule has 0 atom stereocenters. The summed E-state index contributed by atoms with van der Waals surface area (Å²) in [5.41, 5.74) is 4.36. The average Bonchev–Trinajstić information content (AvgIpc) is 4.06. The maximum absolute atomic E-state index is 13.2. The van der Waals surface area contributed by atoms with Crippen LogP contribution in [0, 0.1) is 10.8 Å². The van der Waals surface area contributed by atoms with Gasteiger partial charge in [-0.1, -0.05) is 24.3 Å². The van der Waals surface area contributed by atoms with Gasteiger partial charge in [0.05, 0.1) is 23.9 Å². The Morgan fingerprint density at radius 1 is 0.640 bits per heavy atom. The molecule has 2 N–H and O–H groups in total. The molecule has 4 saturated heterocycles. The van der Waals surface area contributed by atoms with Crippen molar-refractivity contribution in [3.63, 3.8) is 0 Å². The number of aliphatic carboxylic acids is 1. The van der Waals surface area contributed by atoms with Crippen molar-refractivity contribution >= 4 is 35.1 Å². The Bertz CT molecular complexity index is 1550. The van der Waals surface area contributed by atoms with Crippen molar-refractivity contribution in [3.05, 3.63) is 59.7 Å². The van der Waals surface area contributed by atoms with Crippen LogP contribution in [-0.2, 0) is 19.2 Å². The van der Waals surface area contributed by atoms with E-state index in [9.17, 15) is 19.2 Å². The van der Waals surface area contributed by atoms with Gasteiger partial charge in [-0.2, -0.15) is 0 Å². The Morgan fingerprint density at radius 2 is 1.02 bits per heavy atom. The van der Waals surface area contributed by atoms with Crippen molar-refractivity contribution in [2.75, 3.05) is 68.7 Å². The number of likely N-dealkylation sites (N-methyl/N-ethyl adjacent to an activating group) is 1. The number of hydrogen-bond donors (Lipinski definition) is 2. The largest absolute Gasteiger partial charge is 0.480 e. The van der Waals surface area contributed by atoms with Gasteiger partial charge < -0.3 is 20.2 Å². The van der Waals surface area contributed by atoms with Gasteiger partial charge in [-0.25, -0.2) is 0 Å². The zero-order valence-corrected chi connectivity index (χ0v) is 29.6. The number of carbonyl (C=O) groups excluding carboxylic acids is 3. The molecule has 3 amide bonds.